The van der Waals surface area contributed by atoms with E-state index >= 15 is 0 Å². The standard InChI is InChI=1S/C11H10N3.Ir/c1-2-6-10-9(4-1)5-3-7-14-8-12-13-11(10)14;/h1-2,4,8H,3,5,7H2;/q-1;. The molecule has 0 atom stereocenters. The minimum atomic E-state index is 0. The van der Waals surface area contributed by atoms with Gasteiger partial charge in [0.2, 0.25) is 0 Å². The summed E-state index contributed by atoms with van der Waals surface area (Å²) in [6, 6.07) is 9.36. The van der Waals surface area contributed by atoms with Crippen molar-refractivity contribution < 1.29 is 20.1 Å². The van der Waals surface area contributed by atoms with E-state index in [0.717, 1.165) is 30.8 Å². The second-order valence-electron chi connectivity index (χ2n) is 3.52. The molecule has 0 spiro atoms. The number of hydrogen-bond acceptors (Lipinski definition) is 2. The fourth-order valence-electron chi connectivity index (χ4n) is 1.94. The van der Waals surface area contributed by atoms with Gasteiger partial charge in [-0.1, -0.05) is 6.42 Å². The van der Waals surface area contributed by atoms with Crippen molar-refractivity contribution in [3.63, 3.8) is 0 Å². The van der Waals surface area contributed by atoms with Gasteiger partial charge in [0.1, 0.15) is 6.33 Å². The van der Waals surface area contributed by atoms with Crippen LogP contribution in [0.3, 0.4) is 0 Å². The van der Waals surface area contributed by atoms with Crippen molar-refractivity contribution in [2.24, 2.45) is 0 Å². The number of aryl methyl sites for hydroxylation is 2. The van der Waals surface area contributed by atoms with E-state index in [2.05, 4.69) is 26.9 Å². The van der Waals surface area contributed by atoms with Gasteiger partial charge in [0.05, 0.1) is 5.82 Å². The van der Waals surface area contributed by atoms with E-state index < -0.39 is 0 Å². The number of nitrogens with zero attached hydrogens (tertiary/aromatic N) is 3. The number of hydrogen-bond donors (Lipinski definition) is 0. The van der Waals surface area contributed by atoms with E-state index in [1.54, 1.807) is 6.33 Å². The van der Waals surface area contributed by atoms with Gasteiger partial charge >= 0.3 is 0 Å². The van der Waals surface area contributed by atoms with Crippen LogP contribution in [-0.2, 0) is 33.1 Å². The zero-order valence-electron chi connectivity index (χ0n) is 8.11. The minimum absolute atomic E-state index is 0. The molecule has 1 aromatic heterocycles. The van der Waals surface area contributed by atoms with Gasteiger partial charge in [0.15, 0.2) is 0 Å². The SMILES string of the molecule is [Ir].[c-]1cccc2c1-c1nncn1CCC2. The van der Waals surface area contributed by atoms with Crippen molar-refractivity contribution in [3.8, 4) is 11.4 Å². The Labute approximate surface area is 102 Å². The second kappa shape index (κ2) is 4.25. The van der Waals surface area contributed by atoms with Crippen LogP contribution < -0.4 is 0 Å². The summed E-state index contributed by atoms with van der Waals surface area (Å²) in [7, 11) is 0. The quantitative estimate of drug-likeness (QED) is 0.655. The van der Waals surface area contributed by atoms with Crippen LogP contribution in [0, 0.1) is 6.07 Å². The Balaban J connectivity index is 0.000000853. The van der Waals surface area contributed by atoms with Gasteiger partial charge in [-0.3, -0.25) is 0 Å². The zero-order valence-corrected chi connectivity index (χ0v) is 10.5. The maximum absolute atomic E-state index is 4.14. The van der Waals surface area contributed by atoms with Crippen LogP contribution in [0.25, 0.3) is 11.4 Å². The first-order chi connectivity index (χ1) is 6.95. The summed E-state index contributed by atoms with van der Waals surface area (Å²) in [5, 5.41) is 8.08. The summed E-state index contributed by atoms with van der Waals surface area (Å²) >= 11 is 0. The molecule has 0 unspecified atom stereocenters. The molecule has 3 nitrogen and oxygen atoms in total. The van der Waals surface area contributed by atoms with Crippen LogP contribution in [0.15, 0.2) is 24.5 Å². The number of rotatable bonds is 0. The summed E-state index contributed by atoms with van der Waals surface area (Å²) in [5.74, 6) is 0.957. The maximum atomic E-state index is 4.14. The van der Waals surface area contributed by atoms with Crippen molar-refractivity contribution in [2.45, 2.75) is 19.4 Å². The monoisotopic (exact) mass is 377 g/mol. The van der Waals surface area contributed by atoms with Crippen LogP contribution in [0.2, 0.25) is 0 Å². The van der Waals surface area contributed by atoms with Crippen molar-refractivity contribution >= 4 is 0 Å². The van der Waals surface area contributed by atoms with E-state index in [-0.39, 0.29) is 20.1 Å². The molecule has 0 N–H and O–H groups in total. The van der Waals surface area contributed by atoms with E-state index in [4.69, 9.17) is 0 Å². The molecule has 0 saturated heterocycles. The Hall–Kier alpha value is -0.991. The number of benzene rings is 1. The molecule has 79 valence electrons. The molecule has 0 saturated carbocycles. The van der Waals surface area contributed by atoms with E-state index in [0.29, 0.717) is 0 Å². The summed E-state index contributed by atoms with van der Waals surface area (Å²) in [6.07, 6.45) is 4.05. The van der Waals surface area contributed by atoms with Gasteiger partial charge in [-0.2, -0.15) is 5.10 Å². The molecule has 4 heteroatoms. The van der Waals surface area contributed by atoms with E-state index in [1.165, 1.54) is 5.56 Å². The third kappa shape index (κ3) is 1.75. The van der Waals surface area contributed by atoms with Gasteiger partial charge in [-0.15, -0.1) is 40.5 Å². The van der Waals surface area contributed by atoms with Crippen LogP contribution in [-0.4, -0.2) is 14.8 Å². The fraction of sp³-hybridized carbons (Fsp3) is 0.273. The zero-order chi connectivity index (χ0) is 9.38. The van der Waals surface area contributed by atoms with Gasteiger partial charge in [0, 0.05) is 26.7 Å². The first-order valence-electron chi connectivity index (χ1n) is 4.83. The van der Waals surface area contributed by atoms with Crippen molar-refractivity contribution in [1.29, 1.82) is 0 Å². The van der Waals surface area contributed by atoms with Crippen LogP contribution >= 0.6 is 0 Å². The molecule has 0 aliphatic carbocycles. The molecule has 0 bridgehead atoms. The van der Waals surface area contributed by atoms with Crippen LogP contribution in [0.4, 0.5) is 0 Å². The third-order valence-corrected chi connectivity index (χ3v) is 2.63. The summed E-state index contributed by atoms with van der Waals surface area (Å²) in [4.78, 5) is 0. The number of fused-ring (bicyclic) bond motifs is 3. The molecule has 1 aliphatic heterocycles. The molecule has 0 fully saturated rings. The Kier molecular flexibility index (Phi) is 2.98. The first kappa shape index (κ1) is 10.5. The predicted molar refractivity (Wildman–Crippen MR) is 52.6 cm³/mol. The molecule has 1 aromatic carbocycles. The minimum Gasteiger partial charge on any atom is -0.354 e. The molecule has 0 amide bonds. The Morgan fingerprint density at radius 1 is 1.40 bits per heavy atom. The average molecular weight is 376 g/mol. The Morgan fingerprint density at radius 3 is 3.27 bits per heavy atom. The molecule has 3 rings (SSSR count). The molecular weight excluding hydrogens is 366 g/mol. The summed E-state index contributed by atoms with van der Waals surface area (Å²) < 4.78 is 2.10. The molecule has 15 heavy (non-hydrogen) atoms. The fourth-order valence-corrected chi connectivity index (χ4v) is 1.94. The first-order valence-corrected chi connectivity index (χ1v) is 4.83. The topological polar surface area (TPSA) is 30.7 Å². The van der Waals surface area contributed by atoms with Gasteiger partial charge in [-0.25, -0.2) is 0 Å². The Bertz CT molecular complexity index is 464. The molecule has 2 heterocycles. The van der Waals surface area contributed by atoms with Crippen molar-refractivity contribution in [3.05, 3.63) is 36.2 Å². The van der Waals surface area contributed by atoms with Crippen molar-refractivity contribution in [2.75, 3.05) is 0 Å². The van der Waals surface area contributed by atoms with Crippen LogP contribution in [0.1, 0.15) is 12.0 Å². The van der Waals surface area contributed by atoms with Crippen LogP contribution in [0.5, 0.6) is 0 Å². The Morgan fingerprint density at radius 2 is 2.33 bits per heavy atom. The van der Waals surface area contributed by atoms with Crippen molar-refractivity contribution in [1.82, 2.24) is 14.8 Å². The van der Waals surface area contributed by atoms with Gasteiger partial charge in [0.25, 0.3) is 0 Å². The molecule has 1 radical (unpaired) electrons. The van der Waals surface area contributed by atoms with E-state index in [1.807, 2.05) is 12.1 Å². The molecule has 1 aliphatic rings. The smallest absolute Gasteiger partial charge is 0.110 e. The normalized spacial score (nSPS) is 13.3. The molecular formula is C11H10IrN3-. The summed E-state index contributed by atoms with van der Waals surface area (Å²) in [5.41, 5.74) is 2.45. The van der Waals surface area contributed by atoms with E-state index in [9.17, 15) is 0 Å². The molecule has 2 aromatic rings. The largest absolute Gasteiger partial charge is 0.354 e. The summed E-state index contributed by atoms with van der Waals surface area (Å²) in [6.45, 7) is 1.00. The second-order valence-corrected chi connectivity index (χ2v) is 3.52. The predicted octanol–water partition coefficient (Wildman–Crippen LogP) is 1.69. The number of aromatic nitrogens is 3. The maximum Gasteiger partial charge on any atom is 0.110 e. The average Bonchev–Trinajstić information content (AvgIpc) is 2.61. The van der Waals surface area contributed by atoms with Gasteiger partial charge < -0.3 is 4.57 Å². The van der Waals surface area contributed by atoms with Gasteiger partial charge in [-0.05, 0) is 6.42 Å². The third-order valence-electron chi connectivity index (χ3n) is 2.63.